The Bertz CT molecular complexity index is 963. The molecule has 0 N–H and O–H groups in total. The van der Waals surface area contributed by atoms with Gasteiger partial charge in [0.15, 0.2) is 9.84 Å². The third kappa shape index (κ3) is 5.03. The molecule has 0 atom stereocenters. The lowest BCUT2D eigenvalue weighted by Crippen LogP contribution is -2.38. The topological polar surface area (TPSA) is 89.3 Å². The first-order valence-electron chi connectivity index (χ1n) is 8.87. The molecule has 1 aromatic heterocycles. The standard InChI is InChI=1S/C19H25N3O4S/c1-5-6-13-21-18(23)12-11-17(20-21)19(24)22(14(2)3)15-7-9-16(10-8-15)27(4,25)26/h7-12,14H,5-6,13H2,1-4H3. The lowest BCUT2D eigenvalue weighted by Gasteiger charge is -2.26. The predicted octanol–water partition coefficient (Wildman–Crippen LogP) is 2.50. The molecule has 8 heteroatoms. The molecule has 0 fully saturated rings. The zero-order valence-electron chi connectivity index (χ0n) is 16.0. The maximum absolute atomic E-state index is 13.0. The van der Waals surface area contributed by atoms with Crippen molar-refractivity contribution in [3.63, 3.8) is 0 Å². The van der Waals surface area contributed by atoms with Crippen LogP contribution >= 0.6 is 0 Å². The smallest absolute Gasteiger partial charge is 0.278 e. The van der Waals surface area contributed by atoms with Crippen LogP contribution < -0.4 is 10.5 Å². The molecule has 0 radical (unpaired) electrons. The van der Waals surface area contributed by atoms with Gasteiger partial charge < -0.3 is 4.90 Å². The van der Waals surface area contributed by atoms with Gasteiger partial charge in [-0.1, -0.05) is 13.3 Å². The van der Waals surface area contributed by atoms with E-state index in [0.29, 0.717) is 12.2 Å². The van der Waals surface area contributed by atoms with Crippen molar-refractivity contribution < 1.29 is 13.2 Å². The molecule has 0 aliphatic carbocycles. The average Bonchev–Trinajstić information content (AvgIpc) is 2.60. The Morgan fingerprint density at radius 3 is 2.30 bits per heavy atom. The van der Waals surface area contributed by atoms with Crippen LogP contribution in [0.5, 0.6) is 0 Å². The molecule has 2 rings (SSSR count). The van der Waals surface area contributed by atoms with Gasteiger partial charge in [-0.25, -0.2) is 13.1 Å². The van der Waals surface area contributed by atoms with Crippen LogP contribution in [0.3, 0.4) is 0 Å². The van der Waals surface area contributed by atoms with Gasteiger partial charge in [0, 0.05) is 30.6 Å². The zero-order valence-corrected chi connectivity index (χ0v) is 16.9. The molecule has 0 unspecified atom stereocenters. The third-order valence-electron chi connectivity index (χ3n) is 4.09. The van der Waals surface area contributed by atoms with Gasteiger partial charge >= 0.3 is 0 Å². The Balaban J connectivity index is 2.39. The van der Waals surface area contributed by atoms with E-state index in [1.54, 1.807) is 12.1 Å². The highest BCUT2D eigenvalue weighted by molar-refractivity contribution is 7.90. The van der Waals surface area contributed by atoms with E-state index in [1.165, 1.54) is 33.8 Å². The van der Waals surface area contributed by atoms with Crippen LogP contribution in [0, 0.1) is 0 Å². The summed E-state index contributed by atoms with van der Waals surface area (Å²) in [4.78, 5) is 26.7. The summed E-state index contributed by atoms with van der Waals surface area (Å²) in [7, 11) is -3.31. The minimum atomic E-state index is -3.31. The molecular formula is C19H25N3O4S. The number of rotatable bonds is 7. The second-order valence-corrected chi connectivity index (χ2v) is 8.68. The van der Waals surface area contributed by atoms with Crippen molar-refractivity contribution in [1.82, 2.24) is 9.78 Å². The molecule has 0 spiro atoms. The fourth-order valence-electron chi connectivity index (χ4n) is 2.66. The van der Waals surface area contributed by atoms with Crippen LogP contribution in [0.2, 0.25) is 0 Å². The predicted molar refractivity (Wildman–Crippen MR) is 105 cm³/mol. The number of nitrogens with zero attached hydrogens (tertiary/aromatic N) is 3. The summed E-state index contributed by atoms with van der Waals surface area (Å²) < 4.78 is 24.6. The van der Waals surface area contributed by atoms with Crippen LogP contribution in [0.15, 0.2) is 46.1 Å². The van der Waals surface area contributed by atoms with E-state index in [-0.39, 0.29) is 28.1 Å². The maximum atomic E-state index is 13.0. The van der Waals surface area contributed by atoms with Crippen LogP contribution in [-0.2, 0) is 16.4 Å². The molecule has 27 heavy (non-hydrogen) atoms. The number of benzene rings is 1. The van der Waals surface area contributed by atoms with Crippen LogP contribution in [-0.4, -0.2) is 36.4 Å². The second kappa shape index (κ2) is 8.47. The summed E-state index contributed by atoms with van der Waals surface area (Å²) in [5.74, 6) is -0.345. The first-order valence-corrected chi connectivity index (χ1v) is 10.8. The Morgan fingerprint density at radius 1 is 1.15 bits per heavy atom. The van der Waals surface area contributed by atoms with Gasteiger partial charge in [0.05, 0.1) is 4.90 Å². The van der Waals surface area contributed by atoms with Gasteiger partial charge in [0.2, 0.25) is 0 Å². The van der Waals surface area contributed by atoms with Crippen molar-refractivity contribution in [2.75, 3.05) is 11.2 Å². The summed E-state index contributed by atoms with van der Waals surface area (Å²) >= 11 is 0. The highest BCUT2D eigenvalue weighted by atomic mass is 32.2. The van der Waals surface area contributed by atoms with E-state index in [4.69, 9.17) is 0 Å². The van der Waals surface area contributed by atoms with E-state index in [2.05, 4.69) is 5.10 Å². The summed E-state index contributed by atoms with van der Waals surface area (Å²) in [6.07, 6.45) is 2.85. The van der Waals surface area contributed by atoms with Crippen LogP contribution in [0.1, 0.15) is 44.1 Å². The lowest BCUT2D eigenvalue weighted by atomic mass is 10.2. The van der Waals surface area contributed by atoms with Crippen LogP contribution in [0.25, 0.3) is 0 Å². The number of unbranched alkanes of at least 4 members (excludes halogenated alkanes) is 1. The van der Waals surface area contributed by atoms with Crippen LogP contribution in [0.4, 0.5) is 5.69 Å². The number of carbonyl (C=O) groups is 1. The van der Waals surface area contributed by atoms with Crippen molar-refractivity contribution >= 4 is 21.4 Å². The molecule has 7 nitrogen and oxygen atoms in total. The summed E-state index contributed by atoms with van der Waals surface area (Å²) in [6.45, 7) is 6.19. The van der Waals surface area contributed by atoms with E-state index in [9.17, 15) is 18.0 Å². The number of carbonyl (C=O) groups excluding carboxylic acids is 1. The Labute approximate surface area is 159 Å². The Kier molecular flexibility index (Phi) is 6.54. The maximum Gasteiger partial charge on any atom is 0.278 e. The van der Waals surface area contributed by atoms with Gasteiger partial charge in [0.1, 0.15) is 5.69 Å². The molecule has 1 amide bonds. The number of hydrogen-bond donors (Lipinski definition) is 0. The summed E-state index contributed by atoms with van der Waals surface area (Å²) in [6, 6.07) is 8.74. The number of sulfone groups is 1. The van der Waals surface area contributed by atoms with Gasteiger partial charge in [-0.2, -0.15) is 5.10 Å². The van der Waals surface area contributed by atoms with Gasteiger partial charge in [-0.3, -0.25) is 9.59 Å². The van der Waals surface area contributed by atoms with Crippen molar-refractivity contribution in [2.24, 2.45) is 0 Å². The number of aromatic nitrogens is 2. The third-order valence-corrected chi connectivity index (χ3v) is 5.22. The molecule has 0 saturated carbocycles. The fourth-order valence-corrected chi connectivity index (χ4v) is 3.29. The van der Waals surface area contributed by atoms with Crippen molar-refractivity contribution in [1.29, 1.82) is 0 Å². The molecule has 0 saturated heterocycles. The number of amides is 1. The first kappa shape index (κ1) is 20.8. The largest absolute Gasteiger partial charge is 0.304 e. The van der Waals surface area contributed by atoms with E-state index in [0.717, 1.165) is 19.1 Å². The van der Waals surface area contributed by atoms with Gasteiger partial charge in [0.25, 0.3) is 11.5 Å². The average molecular weight is 391 g/mol. The Hall–Kier alpha value is -2.48. The highest BCUT2D eigenvalue weighted by Gasteiger charge is 2.23. The minimum absolute atomic E-state index is 0.173. The van der Waals surface area contributed by atoms with E-state index < -0.39 is 9.84 Å². The van der Waals surface area contributed by atoms with E-state index in [1.807, 2.05) is 20.8 Å². The quantitative estimate of drug-likeness (QED) is 0.723. The number of hydrogen-bond acceptors (Lipinski definition) is 5. The minimum Gasteiger partial charge on any atom is -0.304 e. The molecule has 1 aromatic carbocycles. The van der Waals surface area contributed by atoms with E-state index >= 15 is 0 Å². The fraction of sp³-hybridized carbons (Fsp3) is 0.421. The lowest BCUT2D eigenvalue weighted by molar-refractivity contribution is 0.0973. The first-order chi connectivity index (χ1) is 12.6. The molecule has 0 aliphatic heterocycles. The SMILES string of the molecule is CCCCn1nc(C(=O)N(c2ccc(S(C)(=O)=O)cc2)C(C)C)ccc1=O. The van der Waals surface area contributed by atoms with Crippen molar-refractivity contribution in [2.45, 2.75) is 51.1 Å². The van der Waals surface area contributed by atoms with Gasteiger partial charge in [-0.15, -0.1) is 0 Å². The normalized spacial score (nSPS) is 11.6. The second-order valence-electron chi connectivity index (χ2n) is 6.67. The molecule has 2 aromatic rings. The van der Waals surface area contributed by atoms with Crippen molar-refractivity contribution in [3.05, 3.63) is 52.4 Å². The molecule has 1 heterocycles. The van der Waals surface area contributed by atoms with Crippen molar-refractivity contribution in [3.8, 4) is 0 Å². The molecule has 0 bridgehead atoms. The van der Waals surface area contributed by atoms with Gasteiger partial charge in [-0.05, 0) is 50.6 Å². The summed E-state index contributed by atoms with van der Waals surface area (Å²) in [5.41, 5.74) is 0.496. The molecule has 0 aliphatic rings. The monoisotopic (exact) mass is 391 g/mol. The number of anilines is 1. The summed E-state index contributed by atoms with van der Waals surface area (Å²) in [5, 5.41) is 4.21. The Morgan fingerprint density at radius 2 is 1.78 bits per heavy atom. The highest BCUT2D eigenvalue weighted by Crippen LogP contribution is 2.22. The molecular weight excluding hydrogens is 366 g/mol. The molecule has 146 valence electrons. The zero-order chi connectivity index (χ0) is 20.2. The number of aryl methyl sites for hydroxylation is 1.